The number of benzene rings is 2. The van der Waals surface area contributed by atoms with Crippen molar-refractivity contribution in [3.05, 3.63) is 59.1 Å². The average Bonchev–Trinajstić information content (AvgIpc) is 2.96. The Labute approximate surface area is 255 Å². The molecule has 0 radical (unpaired) electrons. The highest BCUT2D eigenvalue weighted by Crippen LogP contribution is 2.34. The maximum atomic E-state index is 14.2. The number of anilines is 2. The van der Waals surface area contributed by atoms with Crippen LogP contribution in [-0.2, 0) is 4.79 Å². The molecule has 0 bridgehead atoms. The molecule has 0 unspecified atom stereocenters. The molecular formula is C29H38F2N6O3Si. The van der Waals surface area contributed by atoms with Gasteiger partial charge < -0.3 is 21.7 Å². The fraction of sp³-hybridized carbons (Fsp3) is 0.414. The normalized spacial score (nSPS) is 18.3. The number of rotatable bonds is 4. The predicted octanol–water partition coefficient (Wildman–Crippen LogP) is 4.94. The van der Waals surface area contributed by atoms with Gasteiger partial charge in [0.2, 0.25) is 0 Å². The van der Waals surface area contributed by atoms with Gasteiger partial charge in [-0.05, 0) is 62.0 Å². The third-order valence-electron chi connectivity index (χ3n) is 5.43. The van der Waals surface area contributed by atoms with E-state index in [1.807, 2.05) is 19.6 Å². The second-order valence-corrected chi connectivity index (χ2v) is 14.6. The molecule has 2 fully saturated rings. The molecule has 0 atom stereocenters. The minimum atomic E-state index is -2.80. The zero-order valence-corrected chi connectivity index (χ0v) is 23.8. The molecule has 0 saturated heterocycles. The Bertz CT molecular complexity index is 1710. The smallest absolute Gasteiger partial charge is 0.253 e. The maximum Gasteiger partial charge on any atom is 0.253 e. The standard InChI is InChI=1S/C13H14FN3O.C8H9FN2O.C4H9NSi.C4H6O/c1-16-12(18)10-4-3-9(7-11(10)14)17-13(8-15)5-2-6-13;1-11-8(12)6-3-2-5(10)4-7(6)9;1-6(2,3)4-5;5-4-2-1-3-4/h3-4,7,17H,2,5-6H2,1H3,(H,16,18);2-4H,10H2,1H3,(H,11,12);1-3H3;1-3H2/i1D3,3D,7D;1D3,2D,4D;;. The summed E-state index contributed by atoms with van der Waals surface area (Å²) in [5, 5.41) is 23.3. The summed E-state index contributed by atoms with van der Waals surface area (Å²) in [4.78, 5) is 33.0. The van der Waals surface area contributed by atoms with Gasteiger partial charge in [0, 0.05) is 52.1 Å². The van der Waals surface area contributed by atoms with Crippen LogP contribution >= 0.6 is 0 Å². The Balaban J connectivity index is 0.000000402. The van der Waals surface area contributed by atoms with Gasteiger partial charge in [-0.3, -0.25) is 14.4 Å². The van der Waals surface area contributed by atoms with Crippen LogP contribution in [0.4, 0.5) is 20.2 Å². The molecule has 12 heteroatoms. The summed E-state index contributed by atoms with van der Waals surface area (Å²) in [7, 11) is -1.33. The number of nitrogens with two attached hydrogens (primary N) is 1. The number of nitrogen functional groups attached to an aromatic ring is 1. The predicted molar refractivity (Wildman–Crippen MR) is 158 cm³/mol. The van der Waals surface area contributed by atoms with Gasteiger partial charge in [0.15, 0.2) is 8.07 Å². The highest BCUT2D eigenvalue weighted by Gasteiger charge is 2.37. The molecule has 2 aliphatic rings. The third kappa shape index (κ3) is 11.8. The lowest BCUT2D eigenvalue weighted by molar-refractivity contribution is -0.123. The van der Waals surface area contributed by atoms with Crippen molar-refractivity contribution in [3.8, 4) is 11.8 Å². The SMILES string of the molecule is C[Si](C)(C)C#N.O=C1CCC1.[2H]c1cc(C(=O)NC([2H])([2H])[2H])c(F)c([2H])c1N.[2H]c1cc(C(=O)NC([2H])([2H])[2H])c(F)c([2H])c1NC1(C#N)CCC1. The molecule has 9 nitrogen and oxygen atoms in total. The number of halogens is 2. The maximum absolute atomic E-state index is 14.2. The number of carbonyl (C=O) groups excluding carboxylic acids is 3. The zero-order chi connectivity index (χ0) is 39.7. The fourth-order valence-corrected chi connectivity index (χ4v) is 2.74. The number of nitriles is 2. The molecule has 2 amide bonds. The second-order valence-electron chi connectivity index (χ2n) is 9.91. The number of carbonyl (C=O) groups is 3. The van der Waals surface area contributed by atoms with Crippen LogP contribution in [0.25, 0.3) is 0 Å². The van der Waals surface area contributed by atoms with Gasteiger partial charge in [-0.2, -0.15) is 5.26 Å². The third-order valence-corrected chi connectivity index (χ3v) is 6.10. The van der Waals surface area contributed by atoms with Crippen LogP contribution < -0.4 is 21.7 Å². The summed E-state index contributed by atoms with van der Waals surface area (Å²) >= 11 is 0. The summed E-state index contributed by atoms with van der Waals surface area (Å²) in [5.41, 5.74) is 4.56. The van der Waals surface area contributed by atoms with Crippen molar-refractivity contribution in [1.82, 2.24) is 10.6 Å². The molecule has 0 spiro atoms. The van der Waals surface area contributed by atoms with E-state index in [0.29, 0.717) is 18.6 Å². The molecule has 2 aromatic carbocycles. The topological polar surface area (TPSA) is 161 Å². The van der Waals surface area contributed by atoms with Crippen LogP contribution in [0.5, 0.6) is 0 Å². The van der Waals surface area contributed by atoms with Gasteiger partial charge in [0.1, 0.15) is 23.0 Å². The molecule has 0 heterocycles. The molecular weight excluding hydrogens is 546 g/mol. The first-order valence-electron chi connectivity index (χ1n) is 17.3. The lowest BCUT2D eigenvalue weighted by Crippen LogP contribution is -2.43. The van der Waals surface area contributed by atoms with Crippen molar-refractivity contribution in [2.75, 3.05) is 25.0 Å². The van der Waals surface area contributed by atoms with Crippen LogP contribution in [0.3, 0.4) is 0 Å². The van der Waals surface area contributed by atoms with Crippen molar-refractivity contribution >= 4 is 37.0 Å². The highest BCUT2D eigenvalue weighted by atomic mass is 28.3. The minimum absolute atomic E-state index is 0.186. The van der Waals surface area contributed by atoms with E-state index in [1.54, 1.807) is 10.6 Å². The molecule has 41 heavy (non-hydrogen) atoms. The highest BCUT2D eigenvalue weighted by molar-refractivity contribution is 6.83. The van der Waals surface area contributed by atoms with Crippen LogP contribution in [0, 0.1) is 33.9 Å². The van der Waals surface area contributed by atoms with Gasteiger partial charge in [-0.1, -0.05) is 19.6 Å². The molecule has 0 aromatic heterocycles. The fourth-order valence-electron chi connectivity index (χ4n) is 2.74. The van der Waals surface area contributed by atoms with Gasteiger partial charge in [-0.15, -0.1) is 0 Å². The van der Waals surface area contributed by atoms with Crippen molar-refractivity contribution in [3.63, 3.8) is 0 Å². The van der Waals surface area contributed by atoms with E-state index in [-0.39, 0.29) is 11.7 Å². The number of ketones is 1. The van der Waals surface area contributed by atoms with E-state index in [2.05, 4.69) is 17.1 Å². The van der Waals surface area contributed by atoms with Crippen LogP contribution in [0.15, 0.2) is 36.3 Å². The Morgan fingerprint density at radius 3 is 1.85 bits per heavy atom. The van der Waals surface area contributed by atoms with Crippen molar-refractivity contribution < 1.29 is 36.9 Å². The van der Waals surface area contributed by atoms with Crippen LogP contribution in [0.2, 0.25) is 19.6 Å². The summed E-state index contributed by atoms with van der Waals surface area (Å²) in [6.07, 6.45) is 4.68. The first-order chi connectivity index (χ1) is 23.2. The van der Waals surface area contributed by atoms with Gasteiger partial charge >= 0.3 is 0 Å². The average molecular weight is 595 g/mol. The Morgan fingerprint density at radius 1 is 1.00 bits per heavy atom. The van der Waals surface area contributed by atoms with E-state index in [0.717, 1.165) is 37.8 Å². The number of hydrogen-bond donors (Lipinski definition) is 4. The van der Waals surface area contributed by atoms with Gasteiger partial charge in [-0.25, -0.2) is 14.0 Å². The summed E-state index contributed by atoms with van der Waals surface area (Å²) < 4.78 is 99.0. The molecule has 2 aromatic rings. The summed E-state index contributed by atoms with van der Waals surface area (Å²) in [6, 6.07) is 1.38. The van der Waals surface area contributed by atoms with E-state index in [1.165, 1.54) is 0 Å². The van der Waals surface area contributed by atoms with Crippen molar-refractivity contribution in [1.29, 1.82) is 10.5 Å². The quantitative estimate of drug-likeness (QED) is 0.288. The largest absolute Gasteiger partial charge is 0.399 e. The second kappa shape index (κ2) is 16.1. The summed E-state index contributed by atoms with van der Waals surface area (Å²) in [5.74, 6) is -4.50. The number of amides is 2. The van der Waals surface area contributed by atoms with Gasteiger partial charge in [0.25, 0.3) is 11.8 Å². The lowest BCUT2D eigenvalue weighted by Gasteiger charge is -2.36. The monoisotopic (exact) mass is 594 g/mol. The molecule has 4 rings (SSSR count). The van der Waals surface area contributed by atoms with E-state index in [9.17, 15) is 23.2 Å². The zero-order valence-electron chi connectivity index (χ0n) is 32.8. The minimum Gasteiger partial charge on any atom is -0.399 e. The van der Waals surface area contributed by atoms with Crippen LogP contribution in [0.1, 0.15) is 72.9 Å². The van der Waals surface area contributed by atoms with Crippen molar-refractivity contribution in [2.45, 2.75) is 63.7 Å². The number of nitrogens with zero attached hydrogens (tertiary/aromatic N) is 2. The molecule has 0 aliphatic heterocycles. The molecule has 220 valence electrons. The molecule has 5 N–H and O–H groups in total. The lowest BCUT2D eigenvalue weighted by atomic mass is 9.78. The van der Waals surface area contributed by atoms with Crippen molar-refractivity contribution in [2.24, 2.45) is 0 Å². The van der Waals surface area contributed by atoms with E-state index in [4.69, 9.17) is 30.0 Å². The molecule has 2 aliphatic carbocycles. The van der Waals surface area contributed by atoms with Crippen LogP contribution in [-0.4, -0.2) is 45.2 Å². The Morgan fingerprint density at radius 2 is 1.49 bits per heavy atom. The number of nitrogens with one attached hydrogen (secondary N) is 3. The Kier molecular flexibility index (Phi) is 8.42. The summed E-state index contributed by atoms with van der Waals surface area (Å²) in [6.45, 7) is 0.490. The molecule has 2 saturated carbocycles. The number of Topliss-reactive ketones (excluding diaryl/α,β-unsaturated/α-hetero) is 1. The Hall–Kier alpha value is -4.29. The van der Waals surface area contributed by atoms with E-state index < -0.39 is 86.0 Å². The first kappa shape index (κ1) is 21.5. The van der Waals surface area contributed by atoms with Gasteiger partial charge in [0.05, 0.1) is 22.7 Å². The number of hydrogen-bond acceptors (Lipinski definition) is 7. The van der Waals surface area contributed by atoms with E-state index >= 15 is 0 Å². The first-order valence-corrected chi connectivity index (χ1v) is 15.8.